The Labute approximate surface area is 204 Å². The number of amides is 1. The fourth-order valence-corrected chi connectivity index (χ4v) is 5.41. The fourth-order valence-electron chi connectivity index (χ4n) is 4.59. The summed E-state index contributed by atoms with van der Waals surface area (Å²) in [6, 6.07) is 11.0. The smallest absolute Gasteiger partial charge is 0.415 e. The van der Waals surface area contributed by atoms with Crippen LogP contribution in [0.5, 0.6) is 0 Å². The van der Waals surface area contributed by atoms with E-state index in [2.05, 4.69) is 61.0 Å². The normalized spacial score (nSPS) is 20.1. The van der Waals surface area contributed by atoms with Gasteiger partial charge in [0.1, 0.15) is 6.61 Å². The second-order valence-corrected chi connectivity index (χ2v) is 10.3. The summed E-state index contributed by atoms with van der Waals surface area (Å²) in [6.45, 7) is 8.80. The molecule has 2 aliphatic rings. The lowest BCUT2D eigenvalue weighted by Gasteiger charge is -2.25. The average molecular weight is 481 g/mol. The molecule has 0 spiro atoms. The molecule has 8 nitrogen and oxygen atoms in total. The first-order chi connectivity index (χ1) is 16.5. The third kappa shape index (κ3) is 4.67. The molecule has 2 atom stereocenters. The molecule has 1 aromatic carbocycles. The third-order valence-electron chi connectivity index (χ3n) is 6.66. The van der Waals surface area contributed by atoms with Crippen LogP contribution in [-0.4, -0.2) is 47.8 Å². The summed E-state index contributed by atoms with van der Waals surface area (Å²) in [6.07, 6.45) is 1.95. The number of benzene rings is 1. The number of piperidine rings is 1. The lowest BCUT2D eigenvalue weighted by atomic mass is 10.0. The number of thiophene rings is 1. The van der Waals surface area contributed by atoms with Gasteiger partial charge in [-0.1, -0.05) is 26.0 Å². The lowest BCUT2D eigenvalue weighted by molar-refractivity contribution is 0.177. The SMILES string of the molecule is CC(Nc1nc(N2C(=O)OC[C@@H]2C(C)C)c2sccc2n1)c1ccc(NC2CCNCC2)cc1. The molecule has 0 aliphatic carbocycles. The molecule has 3 N–H and O–H groups in total. The van der Waals surface area contributed by atoms with Crippen LogP contribution in [0.15, 0.2) is 35.7 Å². The van der Waals surface area contributed by atoms with Gasteiger partial charge in [0.25, 0.3) is 0 Å². The molecule has 0 radical (unpaired) electrons. The molecule has 3 aromatic rings. The van der Waals surface area contributed by atoms with Crippen LogP contribution in [0.3, 0.4) is 0 Å². The number of cyclic esters (lactones) is 1. The number of anilines is 3. The average Bonchev–Trinajstić information content (AvgIpc) is 3.46. The maximum absolute atomic E-state index is 12.6. The molecule has 2 saturated heterocycles. The van der Waals surface area contributed by atoms with Gasteiger partial charge in [0.05, 0.1) is 22.3 Å². The van der Waals surface area contributed by atoms with Crippen molar-refractivity contribution in [3.8, 4) is 0 Å². The molecule has 2 aromatic heterocycles. The first-order valence-electron chi connectivity index (χ1n) is 12.0. The van der Waals surface area contributed by atoms with Gasteiger partial charge in [-0.05, 0) is 67.9 Å². The number of hydrogen-bond donors (Lipinski definition) is 3. The van der Waals surface area contributed by atoms with Gasteiger partial charge in [-0.25, -0.2) is 9.78 Å². The lowest BCUT2D eigenvalue weighted by Crippen LogP contribution is -2.38. The molecule has 180 valence electrons. The van der Waals surface area contributed by atoms with Gasteiger partial charge < -0.3 is 20.7 Å². The van der Waals surface area contributed by atoms with Crippen LogP contribution >= 0.6 is 11.3 Å². The minimum absolute atomic E-state index is 0.00305. The summed E-state index contributed by atoms with van der Waals surface area (Å²) < 4.78 is 6.28. The Morgan fingerprint density at radius 1 is 1.12 bits per heavy atom. The maximum atomic E-state index is 12.6. The molecular formula is C25H32N6O2S. The largest absolute Gasteiger partial charge is 0.447 e. The molecular weight excluding hydrogens is 448 g/mol. The number of nitrogens with zero attached hydrogens (tertiary/aromatic N) is 3. The van der Waals surface area contributed by atoms with Crippen molar-refractivity contribution in [2.24, 2.45) is 5.92 Å². The van der Waals surface area contributed by atoms with Crippen molar-refractivity contribution >= 4 is 45.1 Å². The summed E-state index contributed by atoms with van der Waals surface area (Å²) in [7, 11) is 0. The second-order valence-electron chi connectivity index (χ2n) is 9.42. The molecule has 0 bridgehead atoms. The van der Waals surface area contributed by atoms with E-state index in [0.717, 1.165) is 47.4 Å². The highest BCUT2D eigenvalue weighted by molar-refractivity contribution is 7.17. The Bertz CT molecular complexity index is 1140. The van der Waals surface area contributed by atoms with Crippen molar-refractivity contribution in [3.63, 3.8) is 0 Å². The summed E-state index contributed by atoms with van der Waals surface area (Å²) in [4.78, 5) is 23.8. The first-order valence-corrected chi connectivity index (χ1v) is 12.9. The summed E-state index contributed by atoms with van der Waals surface area (Å²) in [5, 5.41) is 12.5. The van der Waals surface area contributed by atoms with Crippen LogP contribution in [0.1, 0.15) is 45.2 Å². The Morgan fingerprint density at radius 3 is 2.62 bits per heavy atom. The molecule has 1 unspecified atom stereocenters. The Hall–Kier alpha value is -2.91. The van der Waals surface area contributed by atoms with E-state index in [1.54, 1.807) is 16.2 Å². The van der Waals surface area contributed by atoms with E-state index in [0.29, 0.717) is 24.4 Å². The van der Waals surface area contributed by atoms with E-state index in [1.165, 1.54) is 0 Å². The van der Waals surface area contributed by atoms with E-state index in [-0.39, 0.29) is 24.1 Å². The van der Waals surface area contributed by atoms with Gasteiger partial charge in [0.15, 0.2) is 5.82 Å². The zero-order chi connectivity index (χ0) is 23.7. The van der Waals surface area contributed by atoms with Crippen LogP contribution < -0.4 is 20.9 Å². The minimum Gasteiger partial charge on any atom is -0.447 e. The van der Waals surface area contributed by atoms with Crippen molar-refractivity contribution < 1.29 is 9.53 Å². The number of carbonyl (C=O) groups excluding carboxylic acids is 1. The highest BCUT2D eigenvalue weighted by atomic mass is 32.1. The molecule has 2 fully saturated rings. The van der Waals surface area contributed by atoms with E-state index < -0.39 is 0 Å². The van der Waals surface area contributed by atoms with E-state index in [9.17, 15) is 4.79 Å². The van der Waals surface area contributed by atoms with Crippen molar-refractivity contribution in [1.82, 2.24) is 15.3 Å². The van der Waals surface area contributed by atoms with Crippen LogP contribution in [-0.2, 0) is 4.74 Å². The number of hydrogen-bond acceptors (Lipinski definition) is 8. The number of aromatic nitrogens is 2. The van der Waals surface area contributed by atoms with E-state index >= 15 is 0 Å². The molecule has 1 amide bonds. The fraction of sp³-hybridized carbons (Fsp3) is 0.480. The Balaban J connectivity index is 1.35. The number of fused-ring (bicyclic) bond motifs is 1. The van der Waals surface area contributed by atoms with Gasteiger partial charge in [0, 0.05) is 11.7 Å². The summed E-state index contributed by atoms with van der Waals surface area (Å²) >= 11 is 1.54. The molecule has 5 rings (SSSR count). The molecule has 0 saturated carbocycles. The molecule has 4 heterocycles. The van der Waals surface area contributed by atoms with Crippen molar-refractivity contribution in [2.75, 3.05) is 35.2 Å². The molecule has 2 aliphatic heterocycles. The van der Waals surface area contributed by atoms with Gasteiger partial charge >= 0.3 is 6.09 Å². The number of carbonyl (C=O) groups is 1. The summed E-state index contributed by atoms with van der Waals surface area (Å²) in [5.74, 6) is 1.38. The molecule has 9 heteroatoms. The van der Waals surface area contributed by atoms with Gasteiger partial charge in [-0.3, -0.25) is 4.90 Å². The van der Waals surface area contributed by atoms with Crippen LogP contribution in [0.2, 0.25) is 0 Å². The van der Waals surface area contributed by atoms with Crippen LogP contribution in [0, 0.1) is 5.92 Å². The topological polar surface area (TPSA) is 91.4 Å². The molecule has 34 heavy (non-hydrogen) atoms. The van der Waals surface area contributed by atoms with Crippen molar-refractivity contribution in [2.45, 2.75) is 51.7 Å². The monoisotopic (exact) mass is 480 g/mol. The van der Waals surface area contributed by atoms with Crippen LogP contribution in [0.25, 0.3) is 10.2 Å². The van der Waals surface area contributed by atoms with Gasteiger partial charge in [-0.2, -0.15) is 4.98 Å². The van der Waals surface area contributed by atoms with Crippen LogP contribution in [0.4, 0.5) is 22.2 Å². The number of ether oxygens (including phenoxy) is 1. The Morgan fingerprint density at radius 2 is 1.88 bits per heavy atom. The van der Waals surface area contributed by atoms with Crippen molar-refractivity contribution in [1.29, 1.82) is 0 Å². The maximum Gasteiger partial charge on any atom is 0.415 e. The first kappa shape index (κ1) is 22.9. The quantitative estimate of drug-likeness (QED) is 0.438. The predicted molar refractivity (Wildman–Crippen MR) is 138 cm³/mol. The minimum atomic E-state index is -0.345. The predicted octanol–water partition coefficient (Wildman–Crippen LogP) is 5.01. The third-order valence-corrected chi connectivity index (χ3v) is 7.56. The highest BCUT2D eigenvalue weighted by Gasteiger charge is 2.38. The highest BCUT2D eigenvalue weighted by Crippen LogP contribution is 2.35. The van der Waals surface area contributed by atoms with Gasteiger partial charge in [-0.15, -0.1) is 11.3 Å². The van der Waals surface area contributed by atoms with E-state index in [1.807, 2.05) is 11.4 Å². The number of rotatable bonds is 7. The standard InChI is InChI=1S/C25H32N6O2S/c1-15(2)21-14-33-25(32)31(21)23-22-20(10-13-34-22)29-24(30-23)27-16(3)17-4-6-18(7-5-17)28-19-8-11-26-12-9-19/h4-7,10,13,15-16,19,21,26,28H,8-9,11-12,14H2,1-3H3,(H,27,29,30)/t16?,21-/m1/s1. The number of nitrogens with one attached hydrogen (secondary N) is 3. The zero-order valence-electron chi connectivity index (χ0n) is 19.9. The summed E-state index contributed by atoms with van der Waals surface area (Å²) in [5.41, 5.74) is 3.12. The second kappa shape index (κ2) is 9.76. The van der Waals surface area contributed by atoms with E-state index in [4.69, 9.17) is 14.7 Å². The van der Waals surface area contributed by atoms with Crippen molar-refractivity contribution in [3.05, 3.63) is 41.3 Å². The van der Waals surface area contributed by atoms with Gasteiger partial charge in [0.2, 0.25) is 5.95 Å². The Kier molecular flexibility index (Phi) is 6.56. The zero-order valence-corrected chi connectivity index (χ0v) is 20.7.